The topological polar surface area (TPSA) is 154 Å². The minimum Gasteiger partial charge on any atom is 0 e. The average Bonchev–Trinajstić information content (AvgIpc) is 2.55. The Morgan fingerprint density at radius 3 is 1.00 bits per heavy atom. The van der Waals surface area contributed by atoms with E-state index in [1.807, 2.05) is 0 Å². The van der Waals surface area contributed by atoms with Gasteiger partial charge in [0, 0.05) is 39.0 Å². The third kappa shape index (κ3) is 18.4. The minimum absolute atomic E-state index is 0. The number of carbonyl (C=O) groups is 2. The molecule has 0 saturated carbocycles. The van der Waals surface area contributed by atoms with Gasteiger partial charge in [0.25, 0.3) is 0 Å². The zero-order valence-corrected chi connectivity index (χ0v) is 13.6. The van der Waals surface area contributed by atoms with E-state index in [4.69, 9.17) is 28.8 Å². The quantitative estimate of drug-likeness (QED) is 0.364. The molecule has 0 spiro atoms. The fraction of sp³-hybridized carbons (Fsp3) is 0. The molecule has 22 heavy (non-hydrogen) atoms. The van der Waals surface area contributed by atoms with Gasteiger partial charge in [-0.15, -0.1) is 0 Å². The van der Waals surface area contributed by atoms with Gasteiger partial charge >= 0.3 is 57.1 Å². The van der Waals surface area contributed by atoms with Crippen molar-refractivity contribution in [3.8, 4) is 0 Å². The average molecular weight is 484 g/mol. The Morgan fingerprint density at radius 1 is 0.682 bits per heavy atom. The van der Waals surface area contributed by atoms with Gasteiger partial charge < -0.3 is 10.2 Å². The Labute approximate surface area is 151 Å². The van der Waals surface area contributed by atoms with Crippen molar-refractivity contribution in [1.29, 1.82) is 0 Å². The summed E-state index contributed by atoms with van der Waals surface area (Å²) in [4.78, 5) is 20.9. The molecule has 8 nitrogen and oxygen atoms in total. The summed E-state index contributed by atoms with van der Waals surface area (Å²) in [5.41, 5.74) is -0.380. The summed E-state index contributed by atoms with van der Waals surface area (Å²) in [6, 6.07) is 5.48. The summed E-state index contributed by atoms with van der Waals surface area (Å²) in [5, 5.41) is 17.1. The molecule has 2 N–H and O–H groups in total. The normalized spacial score (nSPS) is 5.45. The van der Waals surface area contributed by atoms with E-state index in [-0.39, 0.29) is 50.1 Å². The predicted molar refractivity (Wildman–Crippen MR) is 56.1 cm³/mol. The number of hydrogen-bond acceptors (Lipinski definition) is 2. The number of carboxylic acid groups (broad SMARTS) is 2. The number of hydrogen-bond donors (Lipinski definition) is 2. The van der Waals surface area contributed by atoms with Crippen LogP contribution in [0, 0.1) is 26.6 Å². The van der Waals surface area contributed by atoms with E-state index in [2.05, 4.69) is 26.6 Å². The van der Waals surface area contributed by atoms with E-state index in [1.165, 1.54) is 24.3 Å². The molecule has 0 unspecified atom stereocenters. The molecule has 0 aromatic heterocycles. The van der Waals surface area contributed by atoms with Gasteiger partial charge in [-0.1, -0.05) is 12.1 Å². The van der Waals surface area contributed by atoms with Crippen LogP contribution >= 0.6 is 0 Å². The molecule has 0 aliphatic carbocycles. The van der Waals surface area contributed by atoms with Gasteiger partial charge in [0.05, 0.1) is 11.1 Å². The van der Waals surface area contributed by atoms with Crippen molar-refractivity contribution in [2.24, 2.45) is 0 Å². The smallest absolute Gasteiger partial charge is 0 e. The van der Waals surface area contributed by atoms with Crippen molar-refractivity contribution >= 4 is 11.9 Å². The van der Waals surface area contributed by atoms with E-state index in [9.17, 15) is 9.59 Å². The first-order chi connectivity index (χ1) is 9.63. The first-order valence-corrected chi connectivity index (χ1v) is 4.00. The third-order valence-electron chi connectivity index (χ3n) is 1.39. The second-order valence-electron chi connectivity index (χ2n) is 2.16. The number of carboxylic acids is 2. The molecule has 1 rings (SSSR count). The number of benzene rings is 1. The monoisotopic (exact) mass is 484 g/mol. The molecule has 1 aromatic rings. The molecule has 0 bridgehead atoms. The van der Waals surface area contributed by atoms with Crippen LogP contribution in [0.3, 0.4) is 0 Å². The summed E-state index contributed by atoms with van der Waals surface area (Å²) in [6.07, 6.45) is 0. The zero-order valence-electron chi connectivity index (χ0n) is 10.3. The molecule has 10 heteroatoms. The van der Waals surface area contributed by atoms with E-state index in [1.54, 1.807) is 0 Å². The Hall–Kier alpha value is -1.63. The Bertz CT molecular complexity index is 434. The van der Waals surface area contributed by atoms with Crippen LogP contribution in [0.4, 0.5) is 0 Å². The van der Waals surface area contributed by atoms with Crippen LogP contribution in [0.5, 0.6) is 0 Å². The van der Waals surface area contributed by atoms with Gasteiger partial charge in [-0.2, -0.15) is 0 Å². The van der Waals surface area contributed by atoms with Crippen LogP contribution in [0.1, 0.15) is 20.7 Å². The van der Waals surface area contributed by atoms with E-state index in [0.717, 1.165) is 0 Å². The number of aromatic carboxylic acids is 2. The first-order valence-electron chi connectivity index (χ1n) is 4.00. The van der Waals surface area contributed by atoms with Crippen molar-refractivity contribution in [3.05, 3.63) is 62.0 Å². The second-order valence-corrected chi connectivity index (χ2v) is 2.16. The first kappa shape index (κ1) is 37.0. The summed E-state index contributed by atoms with van der Waals surface area (Å²) in [5.74, 6) is -2.46. The van der Waals surface area contributed by atoms with Gasteiger partial charge in [-0.25, -0.2) is 9.59 Å². The minimum atomic E-state index is -1.23. The molecule has 0 aliphatic rings. The summed E-state index contributed by atoms with van der Waals surface area (Å²) in [6.45, 7) is 18.0. The van der Waals surface area contributed by atoms with Crippen molar-refractivity contribution in [3.63, 3.8) is 0 Å². The molecular formula is C12H6O8Rh2. The van der Waals surface area contributed by atoms with E-state index >= 15 is 0 Å². The Morgan fingerprint density at radius 2 is 0.864 bits per heavy atom. The van der Waals surface area contributed by atoms with Gasteiger partial charge in [0.2, 0.25) is 0 Å². The molecule has 0 heterocycles. The van der Waals surface area contributed by atoms with Crippen LogP contribution in [-0.2, 0) is 57.6 Å². The fourth-order valence-electron chi connectivity index (χ4n) is 0.856. The standard InChI is InChI=1S/C8H6O4.4CO.2Rh/c9-7(10)5-3-1-2-4-6(5)8(11)12;4*1-2;;/h1-4H,(H,9,10)(H,11,12);;;;;;. The second kappa shape index (κ2) is 31.7. The number of rotatable bonds is 2. The van der Waals surface area contributed by atoms with Crippen molar-refractivity contribution in [2.45, 2.75) is 0 Å². The largest absolute Gasteiger partial charge is 0 e. The van der Waals surface area contributed by atoms with Crippen LogP contribution in [-0.4, -0.2) is 22.2 Å². The van der Waals surface area contributed by atoms with Gasteiger partial charge in [0.15, 0.2) is 0 Å². The molecule has 1 aromatic carbocycles. The SMILES string of the molecule is O=C(O)c1ccccc1C(=O)O.[C-]#[O+].[C-]#[O+].[C-]#[O+].[C-]#[O+].[Rh].[Rh]. The molecule has 2 radical (unpaired) electrons. The van der Waals surface area contributed by atoms with Crippen molar-refractivity contribution in [1.82, 2.24) is 0 Å². The van der Waals surface area contributed by atoms with Gasteiger partial charge in [-0.3, -0.25) is 0 Å². The van der Waals surface area contributed by atoms with E-state index < -0.39 is 11.9 Å². The van der Waals surface area contributed by atoms with Crippen LogP contribution < -0.4 is 0 Å². The van der Waals surface area contributed by atoms with Gasteiger partial charge in [-0.05, 0) is 12.1 Å². The maximum Gasteiger partial charge on any atom is 0 e. The predicted octanol–water partition coefficient (Wildman–Crippen LogP) is 0.928. The Kier molecular flexibility index (Phi) is 53.2. The van der Waals surface area contributed by atoms with E-state index in [0.29, 0.717) is 0 Å². The maximum absolute atomic E-state index is 10.5. The molecule has 0 saturated heterocycles. The van der Waals surface area contributed by atoms with Gasteiger partial charge in [0.1, 0.15) is 0 Å². The molecule has 0 atom stereocenters. The third-order valence-corrected chi connectivity index (χ3v) is 1.39. The van der Waals surface area contributed by atoms with Crippen LogP contribution in [0.25, 0.3) is 0 Å². The van der Waals surface area contributed by atoms with Crippen molar-refractivity contribution < 1.29 is 77.4 Å². The van der Waals surface area contributed by atoms with Crippen LogP contribution in [0.2, 0.25) is 0 Å². The molecular weight excluding hydrogens is 478 g/mol. The van der Waals surface area contributed by atoms with Crippen molar-refractivity contribution in [2.75, 3.05) is 0 Å². The summed E-state index contributed by atoms with van der Waals surface area (Å²) >= 11 is 0. The molecule has 0 aliphatic heterocycles. The fourth-order valence-corrected chi connectivity index (χ4v) is 0.856. The van der Waals surface area contributed by atoms with Crippen LogP contribution in [0.15, 0.2) is 24.3 Å². The molecule has 0 amide bonds. The summed E-state index contributed by atoms with van der Waals surface area (Å²) in [7, 11) is 0. The Balaban J connectivity index is -0.0000000560. The maximum atomic E-state index is 10.5. The molecule has 120 valence electrons. The zero-order chi connectivity index (χ0) is 17.1. The molecule has 0 fully saturated rings. The summed E-state index contributed by atoms with van der Waals surface area (Å²) < 4.78 is 30.0.